The molecule has 2 rings (SSSR count). The topological polar surface area (TPSA) is 41.1 Å². The van der Waals surface area contributed by atoms with Crippen molar-refractivity contribution in [3.63, 3.8) is 0 Å². The summed E-state index contributed by atoms with van der Waals surface area (Å²) in [4.78, 5) is 12.5. The number of carbonyl (C=O) groups is 1. The number of benzene rings is 1. The molecule has 1 aromatic rings. The van der Waals surface area contributed by atoms with Crippen LogP contribution in [0.5, 0.6) is 0 Å². The van der Waals surface area contributed by atoms with Crippen LogP contribution in [0.2, 0.25) is 0 Å². The smallest absolute Gasteiger partial charge is 0.244 e. The fraction of sp³-hybridized carbons (Fsp3) is 0.562. The lowest BCUT2D eigenvalue weighted by molar-refractivity contribution is -0.135. The van der Waals surface area contributed by atoms with Crippen molar-refractivity contribution in [1.82, 2.24) is 5.43 Å². The minimum absolute atomic E-state index is 0.0233. The quantitative estimate of drug-likeness (QED) is 0.815. The van der Waals surface area contributed by atoms with Crippen LogP contribution in [-0.4, -0.2) is 5.91 Å². The minimum Gasteiger partial charge on any atom is -0.299 e. The Balaban J connectivity index is 2.04. The molecule has 1 aliphatic carbocycles. The second-order valence-corrected chi connectivity index (χ2v) is 6.44. The molecule has 19 heavy (non-hydrogen) atoms. The van der Waals surface area contributed by atoms with E-state index in [4.69, 9.17) is 0 Å². The van der Waals surface area contributed by atoms with Crippen molar-refractivity contribution >= 4 is 11.6 Å². The van der Waals surface area contributed by atoms with Gasteiger partial charge < -0.3 is 0 Å². The number of rotatable bonds is 3. The number of para-hydroxylation sites is 1. The van der Waals surface area contributed by atoms with Gasteiger partial charge in [0.25, 0.3) is 0 Å². The van der Waals surface area contributed by atoms with E-state index >= 15 is 0 Å². The molecule has 1 fully saturated rings. The van der Waals surface area contributed by atoms with Crippen LogP contribution in [0.1, 0.15) is 40.5 Å². The van der Waals surface area contributed by atoms with Crippen molar-refractivity contribution in [1.29, 1.82) is 0 Å². The Morgan fingerprint density at radius 3 is 2.37 bits per heavy atom. The van der Waals surface area contributed by atoms with Gasteiger partial charge in [-0.15, -0.1) is 0 Å². The summed E-state index contributed by atoms with van der Waals surface area (Å²) in [6.07, 6.45) is 2.06. The number of hydrogen-bond donors (Lipinski definition) is 2. The normalized spacial score (nSPS) is 28.9. The Labute approximate surface area is 115 Å². The minimum atomic E-state index is -0.311. The predicted molar refractivity (Wildman–Crippen MR) is 78.5 cm³/mol. The van der Waals surface area contributed by atoms with Gasteiger partial charge in [-0.25, -0.2) is 0 Å². The monoisotopic (exact) mass is 260 g/mol. The zero-order chi connectivity index (χ0) is 14.1. The van der Waals surface area contributed by atoms with Gasteiger partial charge in [-0.2, -0.15) is 0 Å². The molecular weight excluding hydrogens is 236 g/mol. The van der Waals surface area contributed by atoms with E-state index in [2.05, 4.69) is 38.5 Å². The molecule has 0 aromatic heterocycles. The summed E-state index contributed by atoms with van der Waals surface area (Å²) in [7, 11) is 0. The highest BCUT2D eigenvalue weighted by Crippen LogP contribution is 2.55. The molecule has 3 nitrogen and oxygen atoms in total. The molecule has 0 saturated heterocycles. The first-order valence-corrected chi connectivity index (χ1v) is 6.99. The third-order valence-corrected chi connectivity index (χ3v) is 5.33. The SMILES string of the molecule is CC1CCC(C)(C(=O)NNc2ccccc2)C1(C)C. The van der Waals surface area contributed by atoms with Crippen molar-refractivity contribution in [2.45, 2.75) is 40.5 Å². The first kappa shape index (κ1) is 13.9. The molecule has 1 saturated carbocycles. The highest BCUT2D eigenvalue weighted by atomic mass is 16.2. The standard InChI is InChI=1S/C16H24N2O/c1-12-10-11-16(4,15(12,2)3)14(19)18-17-13-8-6-5-7-9-13/h5-9,12,17H,10-11H2,1-4H3,(H,18,19). The molecule has 0 radical (unpaired) electrons. The maximum absolute atomic E-state index is 12.5. The summed E-state index contributed by atoms with van der Waals surface area (Å²) in [5, 5.41) is 0. The predicted octanol–water partition coefficient (Wildman–Crippen LogP) is 3.59. The number of amides is 1. The summed E-state index contributed by atoms with van der Waals surface area (Å²) in [6, 6.07) is 9.71. The van der Waals surface area contributed by atoms with Crippen LogP contribution in [0.3, 0.4) is 0 Å². The van der Waals surface area contributed by atoms with Gasteiger partial charge in [0, 0.05) is 0 Å². The Bertz CT molecular complexity index is 455. The Hall–Kier alpha value is -1.51. The maximum Gasteiger partial charge on any atom is 0.244 e. The van der Waals surface area contributed by atoms with E-state index in [9.17, 15) is 4.79 Å². The second-order valence-electron chi connectivity index (χ2n) is 6.44. The fourth-order valence-corrected chi connectivity index (χ4v) is 2.93. The van der Waals surface area contributed by atoms with E-state index in [1.54, 1.807) is 0 Å². The summed E-state index contributed by atoms with van der Waals surface area (Å²) < 4.78 is 0. The molecule has 0 heterocycles. The van der Waals surface area contributed by atoms with Gasteiger partial charge in [-0.3, -0.25) is 15.6 Å². The first-order chi connectivity index (χ1) is 8.88. The molecule has 1 aliphatic rings. The van der Waals surface area contributed by atoms with Gasteiger partial charge in [-0.1, -0.05) is 45.9 Å². The number of carbonyl (C=O) groups excluding carboxylic acids is 1. The average Bonchev–Trinajstić information content (AvgIpc) is 2.62. The second kappa shape index (κ2) is 4.87. The third-order valence-electron chi connectivity index (χ3n) is 5.33. The van der Waals surface area contributed by atoms with E-state index in [1.165, 1.54) is 0 Å². The van der Waals surface area contributed by atoms with Crippen LogP contribution >= 0.6 is 0 Å². The van der Waals surface area contributed by atoms with E-state index in [0.29, 0.717) is 5.92 Å². The largest absolute Gasteiger partial charge is 0.299 e. The van der Waals surface area contributed by atoms with Gasteiger partial charge in [0.15, 0.2) is 0 Å². The molecule has 104 valence electrons. The van der Waals surface area contributed by atoms with Crippen LogP contribution in [0.15, 0.2) is 30.3 Å². The molecule has 2 N–H and O–H groups in total. The van der Waals surface area contributed by atoms with Crippen molar-refractivity contribution in [2.24, 2.45) is 16.7 Å². The lowest BCUT2D eigenvalue weighted by atomic mass is 9.66. The molecule has 1 aromatic carbocycles. The van der Waals surface area contributed by atoms with Gasteiger partial charge in [0.05, 0.1) is 11.1 Å². The average molecular weight is 260 g/mol. The molecule has 2 atom stereocenters. The molecule has 0 bridgehead atoms. The van der Waals surface area contributed by atoms with E-state index in [0.717, 1.165) is 18.5 Å². The van der Waals surface area contributed by atoms with Crippen molar-refractivity contribution in [2.75, 3.05) is 5.43 Å². The van der Waals surface area contributed by atoms with E-state index in [1.807, 2.05) is 30.3 Å². The number of anilines is 1. The van der Waals surface area contributed by atoms with E-state index in [-0.39, 0.29) is 16.7 Å². The van der Waals surface area contributed by atoms with Crippen LogP contribution in [0.25, 0.3) is 0 Å². The van der Waals surface area contributed by atoms with Gasteiger partial charge in [0.1, 0.15) is 0 Å². The van der Waals surface area contributed by atoms with E-state index < -0.39 is 0 Å². The van der Waals surface area contributed by atoms with Gasteiger partial charge in [-0.05, 0) is 36.3 Å². The molecule has 3 heteroatoms. The molecule has 0 aliphatic heterocycles. The first-order valence-electron chi connectivity index (χ1n) is 6.99. The Morgan fingerprint density at radius 1 is 1.21 bits per heavy atom. The highest BCUT2D eigenvalue weighted by Gasteiger charge is 2.54. The molecular formula is C16H24N2O. The van der Waals surface area contributed by atoms with Crippen molar-refractivity contribution in [3.05, 3.63) is 30.3 Å². The highest BCUT2D eigenvalue weighted by molar-refractivity contribution is 5.84. The maximum atomic E-state index is 12.5. The van der Waals surface area contributed by atoms with Crippen LogP contribution < -0.4 is 10.9 Å². The number of hydrazine groups is 1. The summed E-state index contributed by atoms with van der Waals surface area (Å²) >= 11 is 0. The number of nitrogens with one attached hydrogen (secondary N) is 2. The zero-order valence-electron chi connectivity index (χ0n) is 12.3. The van der Waals surface area contributed by atoms with Gasteiger partial charge in [0.2, 0.25) is 5.91 Å². The molecule has 0 spiro atoms. The lowest BCUT2D eigenvalue weighted by Gasteiger charge is -2.39. The summed E-state index contributed by atoms with van der Waals surface area (Å²) in [6.45, 7) is 8.72. The molecule has 2 unspecified atom stereocenters. The fourth-order valence-electron chi connectivity index (χ4n) is 2.93. The molecule has 1 amide bonds. The van der Waals surface area contributed by atoms with Gasteiger partial charge >= 0.3 is 0 Å². The Morgan fingerprint density at radius 2 is 1.84 bits per heavy atom. The van der Waals surface area contributed by atoms with Crippen LogP contribution in [0.4, 0.5) is 5.69 Å². The van der Waals surface area contributed by atoms with Crippen LogP contribution in [-0.2, 0) is 4.79 Å². The summed E-state index contributed by atoms with van der Waals surface area (Å²) in [5.74, 6) is 0.658. The third kappa shape index (κ3) is 2.34. The lowest BCUT2D eigenvalue weighted by Crippen LogP contribution is -2.48. The van der Waals surface area contributed by atoms with Crippen molar-refractivity contribution < 1.29 is 4.79 Å². The summed E-state index contributed by atoms with van der Waals surface area (Å²) in [5.41, 5.74) is 6.49. The Kier molecular flexibility index (Phi) is 3.57. The number of hydrogen-bond acceptors (Lipinski definition) is 2. The zero-order valence-corrected chi connectivity index (χ0v) is 12.3. The van der Waals surface area contributed by atoms with Crippen molar-refractivity contribution in [3.8, 4) is 0 Å². The van der Waals surface area contributed by atoms with Crippen LogP contribution in [0, 0.1) is 16.7 Å².